The fourth-order valence-corrected chi connectivity index (χ4v) is 4.09. The molecule has 0 saturated heterocycles. The van der Waals surface area contributed by atoms with E-state index < -0.39 is 30.7 Å². The van der Waals surface area contributed by atoms with E-state index in [9.17, 15) is 18.0 Å². The Bertz CT molecular complexity index is 1310. The van der Waals surface area contributed by atoms with Gasteiger partial charge in [-0.05, 0) is 44.7 Å². The van der Waals surface area contributed by atoms with Gasteiger partial charge < -0.3 is 19.7 Å². The highest BCUT2D eigenvalue weighted by atomic mass is 19.4. The minimum atomic E-state index is -4.31. The lowest BCUT2D eigenvalue weighted by Gasteiger charge is -2.31. The van der Waals surface area contributed by atoms with Gasteiger partial charge in [-0.25, -0.2) is 19.3 Å². The molecule has 10 nitrogen and oxygen atoms in total. The number of halogens is 3. The molecule has 1 N–H and O–H groups in total. The number of nitrogens with one attached hydrogen (secondary N) is 1. The third kappa shape index (κ3) is 7.70. The van der Waals surface area contributed by atoms with Crippen molar-refractivity contribution in [1.82, 2.24) is 34.8 Å². The van der Waals surface area contributed by atoms with Gasteiger partial charge in [-0.3, -0.25) is 0 Å². The van der Waals surface area contributed by atoms with E-state index >= 15 is 0 Å². The number of alkyl halides is 3. The van der Waals surface area contributed by atoms with Crippen LogP contribution in [-0.2, 0) is 0 Å². The van der Waals surface area contributed by atoms with Crippen molar-refractivity contribution < 1.29 is 27.4 Å². The van der Waals surface area contributed by atoms with Crippen LogP contribution in [0.3, 0.4) is 0 Å². The predicted octanol–water partition coefficient (Wildman–Crippen LogP) is 5.53. The molecule has 0 aliphatic carbocycles. The van der Waals surface area contributed by atoms with Crippen LogP contribution < -0.4 is 14.8 Å². The lowest BCUT2D eigenvalue weighted by molar-refractivity contribution is -0.136. The van der Waals surface area contributed by atoms with E-state index in [1.807, 2.05) is 0 Å². The van der Waals surface area contributed by atoms with Gasteiger partial charge in [0.25, 0.3) is 5.88 Å². The van der Waals surface area contributed by atoms with Crippen LogP contribution in [0.2, 0.25) is 0 Å². The van der Waals surface area contributed by atoms with Gasteiger partial charge in [-0.2, -0.15) is 18.2 Å². The first-order chi connectivity index (χ1) is 19.1. The van der Waals surface area contributed by atoms with Gasteiger partial charge in [0.1, 0.15) is 0 Å². The molecule has 0 aromatic carbocycles. The number of carbonyl (C=O) groups is 1. The molecule has 0 unspecified atom stereocenters. The first-order valence-corrected chi connectivity index (χ1v) is 12.9. The maximum absolute atomic E-state index is 13.2. The molecular formula is C27H34F3N7O3. The molecule has 2 atom stereocenters. The predicted molar refractivity (Wildman–Crippen MR) is 144 cm³/mol. The molecule has 3 rings (SSSR count). The van der Waals surface area contributed by atoms with Crippen molar-refractivity contribution in [1.29, 1.82) is 0 Å². The van der Waals surface area contributed by atoms with Crippen LogP contribution in [0.5, 0.6) is 11.8 Å². The third-order valence-electron chi connectivity index (χ3n) is 6.20. The van der Waals surface area contributed by atoms with E-state index in [1.165, 1.54) is 22.6 Å². The summed E-state index contributed by atoms with van der Waals surface area (Å²) in [6, 6.07) is 0.0835. The number of hydrogen-bond acceptors (Lipinski definition) is 7. The number of rotatable bonds is 14. The molecule has 3 heterocycles. The lowest BCUT2D eigenvalue weighted by Crippen LogP contribution is -2.46. The SMILES string of the molecule is C=CCCOc1nc(-c2cc([C@@H](C)N(CC)C(=O)N[C@H](CC=C)CCC(F)(F)F)cnc2OC)nn2ccnc12. The van der Waals surface area contributed by atoms with E-state index in [1.54, 1.807) is 44.6 Å². The highest BCUT2D eigenvalue weighted by Gasteiger charge is 2.30. The quantitative estimate of drug-likeness (QED) is 0.204. The van der Waals surface area contributed by atoms with Gasteiger partial charge in [0, 0.05) is 37.6 Å². The van der Waals surface area contributed by atoms with Gasteiger partial charge in [-0.1, -0.05) is 12.2 Å². The summed E-state index contributed by atoms with van der Waals surface area (Å²) in [6.07, 6.45) is 3.31. The Kier molecular flexibility index (Phi) is 10.5. The van der Waals surface area contributed by atoms with Gasteiger partial charge in [0.05, 0.1) is 25.3 Å². The summed E-state index contributed by atoms with van der Waals surface area (Å²) in [5.41, 5.74) is 1.55. The van der Waals surface area contributed by atoms with Crippen molar-refractivity contribution in [2.45, 2.75) is 57.8 Å². The van der Waals surface area contributed by atoms with E-state index in [0.717, 1.165) is 0 Å². The average Bonchev–Trinajstić information content (AvgIpc) is 3.40. The van der Waals surface area contributed by atoms with Gasteiger partial charge >= 0.3 is 12.2 Å². The number of methoxy groups -OCH3 is 1. The molecule has 13 heteroatoms. The van der Waals surface area contributed by atoms with E-state index in [-0.39, 0.29) is 30.4 Å². The Morgan fingerprint density at radius 3 is 2.67 bits per heavy atom. The van der Waals surface area contributed by atoms with Crippen LogP contribution in [0.1, 0.15) is 51.1 Å². The normalized spacial score (nSPS) is 12.9. The van der Waals surface area contributed by atoms with Gasteiger partial charge in [0.15, 0.2) is 5.82 Å². The van der Waals surface area contributed by atoms with Crippen LogP contribution in [0, 0.1) is 0 Å². The van der Waals surface area contributed by atoms with Crippen LogP contribution in [0.15, 0.2) is 50.0 Å². The van der Waals surface area contributed by atoms with Crippen molar-refractivity contribution in [3.05, 3.63) is 55.5 Å². The molecule has 0 saturated carbocycles. The highest BCUT2D eigenvalue weighted by molar-refractivity contribution is 5.75. The molecule has 216 valence electrons. The second kappa shape index (κ2) is 13.8. The number of amides is 2. The summed E-state index contributed by atoms with van der Waals surface area (Å²) in [7, 11) is 1.47. The zero-order chi connectivity index (χ0) is 29.3. The fourth-order valence-electron chi connectivity index (χ4n) is 4.09. The smallest absolute Gasteiger partial charge is 0.389 e. The zero-order valence-electron chi connectivity index (χ0n) is 22.8. The first kappa shape index (κ1) is 30.4. The molecule has 2 amide bonds. The minimum Gasteiger partial charge on any atom is -0.480 e. The lowest BCUT2D eigenvalue weighted by atomic mass is 10.1. The Hall–Kier alpha value is -4.16. The Balaban J connectivity index is 1.91. The fraction of sp³-hybridized carbons (Fsp3) is 0.444. The maximum Gasteiger partial charge on any atom is 0.389 e. The number of fused-ring (bicyclic) bond motifs is 1. The molecule has 0 aliphatic heterocycles. The number of aromatic nitrogens is 5. The number of nitrogens with zero attached hydrogens (tertiary/aromatic N) is 6. The molecule has 0 bridgehead atoms. The largest absolute Gasteiger partial charge is 0.480 e. The van der Waals surface area contributed by atoms with Crippen LogP contribution in [-0.4, -0.2) is 68.0 Å². The van der Waals surface area contributed by atoms with Crippen LogP contribution in [0.4, 0.5) is 18.0 Å². The summed E-state index contributed by atoms with van der Waals surface area (Å²) in [4.78, 5) is 27.9. The summed E-state index contributed by atoms with van der Waals surface area (Å²) in [5, 5.41) is 7.25. The number of pyridine rings is 1. The average molecular weight is 562 g/mol. The van der Waals surface area contributed by atoms with Crippen molar-refractivity contribution in [3.63, 3.8) is 0 Å². The topological polar surface area (TPSA) is 107 Å². The molecule has 3 aromatic rings. The number of urea groups is 1. The van der Waals surface area contributed by atoms with E-state index in [4.69, 9.17) is 9.47 Å². The Labute approximate surface area is 230 Å². The number of carbonyl (C=O) groups excluding carboxylic acids is 1. The maximum atomic E-state index is 13.2. The van der Waals surface area contributed by atoms with Crippen molar-refractivity contribution in [2.75, 3.05) is 20.3 Å². The third-order valence-corrected chi connectivity index (χ3v) is 6.20. The monoisotopic (exact) mass is 561 g/mol. The molecule has 0 aliphatic rings. The van der Waals surface area contributed by atoms with E-state index in [0.29, 0.717) is 36.3 Å². The van der Waals surface area contributed by atoms with Crippen molar-refractivity contribution in [2.24, 2.45) is 0 Å². The molecule has 0 radical (unpaired) electrons. The van der Waals surface area contributed by atoms with Gasteiger partial charge in [0.2, 0.25) is 11.5 Å². The number of imidazole rings is 1. The molecule has 0 fully saturated rings. The summed E-state index contributed by atoms with van der Waals surface area (Å²) in [6.45, 7) is 11.5. The summed E-state index contributed by atoms with van der Waals surface area (Å²) >= 11 is 0. The molecule has 0 spiro atoms. The van der Waals surface area contributed by atoms with E-state index in [2.05, 4.69) is 38.5 Å². The molecular weight excluding hydrogens is 527 g/mol. The Morgan fingerprint density at radius 2 is 2.02 bits per heavy atom. The van der Waals surface area contributed by atoms with Crippen LogP contribution in [0.25, 0.3) is 17.0 Å². The van der Waals surface area contributed by atoms with Crippen LogP contribution >= 0.6 is 0 Å². The summed E-state index contributed by atoms with van der Waals surface area (Å²) in [5.74, 6) is 0.806. The molecule has 3 aromatic heterocycles. The summed E-state index contributed by atoms with van der Waals surface area (Å²) < 4.78 is 51.2. The standard InChI is InChI=1S/C27H34F3N7O3/c1-6-9-15-40-25-23-31-13-14-37(23)35-22(34-25)21-16-19(17-32-24(21)39-5)18(4)36(8-3)26(38)33-20(10-7-2)11-12-27(28,29)30/h6-7,13-14,16-18,20H,1-2,8-12,15H2,3-5H3,(H,33,38)/t18-,20-/m1/s1. The van der Waals surface area contributed by atoms with Crippen molar-refractivity contribution >= 4 is 11.7 Å². The number of hydrogen-bond donors (Lipinski definition) is 1. The number of ether oxygens (including phenoxy) is 2. The highest BCUT2D eigenvalue weighted by Crippen LogP contribution is 2.32. The van der Waals surface area contributed by atoms with Gasteiger partial charge in [-0.15, -0.1) is 18.3 Å². The minimum absolute atomic E-state index is 0.216. The Morgan fingerprint density at radius 1 is 1.25 bits per heavy atom. The van der Waals surface area contributed by atoms with Crippen molar-refractivity contribution in [3.8, 4) is 23.1 Å². The first-order valence-electron chi connectivity index (χ1n) is 12.9. The zero-order valence-corrected chi connectivity index (χ0v) is 22.8. The second-order valence-electron chi connectivity index (χ2n) is 8.97. The molecule has 40 heavy (non-hydrogen) atoms. The second-order valence-corrected chi connectivity index (χ2v) is 8.97.